The normalized spacial score (nSPS) is 62.0. The van der Waals surface area contributed by atoms with Crippen molar-refractivity contribution < 1.29 is 19.1 Å². The largest absolute Gasteiger partial charge is 0.458 e. The van der Waals surface area contributed by atoms with Crippen molar-refractivity contribution in [1.29, 1.82) is 0 Å². The van der Waals surface area contributed by atoms with Crippen molar-refractivity contribution in [3.8, 4) is 0 Å². The molecule has 0 N–H and O–H groups in total. The summed E-state index contributed by atoms with van der Waals surface area (Å²) in [6.07, 6.45) is 9.85. The van der Waals surface area contributed by atoms with Gasteiger partial charge in [0.15, 0.2) is 5.78 Å². The highest BCUT2D eigenvalue weighted by Crippen LogP contribution is 2.82. The maximum absolute atomic E-state index is 12.2. The Morgan fingerprint density at radius 1 is 1.11 bits per heavy atom. The fourth-order valence-corrected chi connectivity index (χ4v) is 9.12. The Bertz CT molecular complexity index is 845. The number of rotatable bonds is 0. The van der Waals surface area contributed by atoms with E-state index in [1.807, 2.05) is 6.08 Å². The molecule has 5 aliphatic carbocycles. The molecule has 144 valence electrons. The van der Waals surface area contributed by atoms with E-state index in [0.717, 1.165) is 25.7 Å². The number of ketones is 1. The summed E-state index contributed by atoms with van der Waals surface area (Å²) >= 11 is 0. The highest BCUT2D eigenvalue weighted by Gasteiger charge is 2.85. The number of carbonyl (C=O) groups is 2. The van der Waals surface area contributed by atoms with Gasteiger partial charge >= 0.3 is 5.97 Å². The summed E-state index contributed by atoms with van der Waals surface area (Å²) in [4.78, 5) is 24.2. The summed E-state index contributed by atoms with van der Waals surface area (Å²) < 4.78 is 12.8. The Morgan fingerprint density at radius 2 is 1.96 bits per heavy atom. The van der Waals surface area contributed by atoms with Crippen LogP contribution in [0.5, 0.6) is 0 Å². The summed E-state index contributed by atoms with van der Waals surface area (Å²) in [7, 11) is 0. The van der Waals surface area contributed by atoms with Gasteiger partial charge in [0.2, 0.25) is 0 Å². The summed E-state index contributed by atoms with van der Waals surface area (Å²) in [6.45, 7) is 4.81. The maximum Gasteiger partial charge on any atom is 0.306 e. The molecule has 6 fully saturated rings. The Labute approximate surface area is 160 Å². The number of hydrogen-bond donors (Lipinski definition) is 0. The molecule has 2 aliphatic heterocycles. The van der Waals surface area contributed by atoms with Crippen molar-refractivity contribution in [2.24, 2.45) is 34.5 Å². The molecule has 2 saturated heterocycles. The topological polar surface area (TPSA) is 55.9 Å². The number of esters is 1. The van der Waals surface area contributed by atoms with E-state index in [-0.39, 0.29) is 34.1 Å². The van der Waals surface area contributed by atoms with E-state index in [0.29, 0.717) is 42.3 Å². The molecule has 0 amide bonds. The molecule has 0 bridgehead atoms. The van der Waals surface area contributed by atoms with Crippen LogP contribution in [0.3, 0.4) is 0 Å². The highest BCUT2D eigenvalue weighted by atomic mass is 16.6. The van der Waals surface area contributed by atoms with Crippen LogP contribution >= 0.6 is 0 Å². The van der Waals surface area contributed by atoms with E-state index in [4.69, 9.17) is 9.47 Å². The fraction of sp³-hybridized carbons (Fsp3) is 0.826. The van der Waals surface area contributed by atoms with Crippen LogP contribution in [0.25, 0.3) is 0 Å². The van der Waals surface area contributed by atoms with Crippen LogP contribution < -0.4 is 0 Å². The van der Waals surface area contributed by atoms with Crippen LogP contribution in [-0.2, 0) is 19.1 Å². The lowest BCUT2D eigenvalue weighted by atomic mass is 9.46. The number of fused-ring (bicyclic) bond motifs is 7. The van der Waals surface area contributed by atoms with Gasteiger partial charge in [-0.15, -0.1) is 0 Å². The summed E-state index contributed by atoms with van der Waals surface area (Å²) in [6, 6.07) is 0. The second kappa shape index (κ2) is 4.22. The van der Waals surface area contributed by atoms with E-state index >= 15 is 0 Å². The van der Waals surface area contributed by atoms with Gasteiger partial charge in [-0.2, -0.15) is 0 Å². The monoisotopic (exact) mass is 368 g/mol. The number of ether oxygens (including phenoxy) is 2. The zero-order chi connectivity index (χ0) is 18.4. The smallest absolute Gasteiger partial charge is 0.306 e. The quantitative estimate of drug-likeness (QED) is 0.484. The van der Waals surface area contributed by atoms with Gasteiger partial charge in [0, 0.05) is 23.7 Å². The van der Waals surface area contributed by atoms with Gasteiger partial charge in [-0.05, 0) is 68.3 Å². The molecule has 4 saturated carbocycles. The van der Waals surface area contributed by atoms with E-state index in [1.165, 1.54) is 18.4 Å². The zero-order valence-electron chi connectivity index (χ0n) is 16.3. The second-order valence-electron chi connectivity index (χ2n) is 11.1. The van der Waals surface area contributed by atoms with E-state index < -0.39 is 0 Å². The van der Waals surface area contributed by atoms with Gasteiger partial charge in [0.05, 0.1) is 6.10 Å². The number of epoxide rings is 1. The summed E-state index contributed by atoms with van der Waals surface area (Å²) in [5, 5.41) is 0. The minimum absolute atomic E-state index is 0.00124. The summed E-state index contributed by atoms with van der Waals surface area (Å²) in [5.41, 5.74) is 1.24. The van der Waals surface area contributed by atoms with Crippen LogP contribution in [0.4, 0.5) is 0 Å². The van der Waals surface area contributed by atoms with E-state index in [2.05, 4.69) is 13.8 Å². The lowest BCUT2D eigenvalue weighted by molar-refractivity contribution is -0.164. The summed E-state index contributed by atoms with van der Waals surface area (Å²) in [5.74, 6) is 2.77. The Hall–Kier alpha value is -1.16. The number of hydrogen-bond acceptors (Lipinski definition) is 4. The first-order valence-corrected chi connectivity index (χ1v) is 11.0. The third-order valence-corrected chi connectivity index (χ3v) is 10.4. The van der Waals surface area contributed by atoms with Crippen molar-refractivity contribution >= 4 is 11.8 Å². The molecular weight excluding hydrogens is 340 g/mol. The van der Waals surface area contributed by atoms with Crippen molar-refractivity contribution in [1.82, 2.24) is 0 Å². The van der Waals surface area contributed by atoms with Gasteiger partial charge in [-0.25, -0.2) is 0 Å². The van der Waals surface area contributed by atoms with E-state index in [1.54, 1.807) is 0 Å². The standard InChI is InChI=1S/C23H28O4/c1-20-6-3-12(24)9-16(20)13-10-14(13)19-15-4-7-22(8-5-18(25)27-22)21(15,2)11-17-23(19,20)26-17/h9,13-15,17,19H,3-8,10-11H2,1-2H3/t13?,14?,15?,17-,19-,20-,21?,22+,23+/m0/s1. The molecule has 4 unspecified atom stereocenters. The second-order valence-corrected chi connectivity index (χ2v) is 11.1. The average molecular weight is 368 g/mol. The molecule has 2 spiro atoms. The molecule has 2 heterocycles. The van der Waals surface area contributed by atoms with Crippen LogP contribution in [0, 0.1) is 34.5 Å². The molecule has 4 heteroatoms. The Morgan fingerprint density at radius 3 is 2.74 bits per heavy atom. The predicted octanol–water partition coefficient (Wildman–Crippen LogP) is 3.58. The highest BCUT2D eigenvalue weighted by molar-refractivity contribution is 5.92. The first-order chi connectivity index (χ1) is 12.8. The molecule has 7 aliphatic rings. The van der Waals surface area contributed by atoms with Gasteiger partial charge in [-0.1, -0.05) is 19.4 Å². The van der Waals surface area contributed by atoms with Crippen LogP contribution in [-0.4, -0.2) is 29.1 Å². The minimum atomic E-state index is -0.239. The molecule has 0 radical (unpaired) electrons. The van der Waals surface area contributed by atoms with Crippen molar-refractivity contribution in [2.75, 3.05) is 0 Å². The van der Waals surface area contributed by atoms with Crippen LogP contribution in [0.15, 0.2) is 11.6 Å². The van der Waals surface area contributed by atoms with Gasteiger partial charge in [0.25, 0.3) is 0 Å². The van der Waals surface area contributed by atoms with Gasteiger partial charge < -0.3 is 9.47 Å². The lowest BCUT2D eigenvalue weighted by Crippen LogP contribution is -2.60. The van der Waals surface area contributed by atoms with Crippen LogP contribution in [0.1, 0.15) is 65.2 Å². The molecule has 7 rings (SSSR count). The molecule has 27 heavy (non-hydrogen) atoms. The van der Waals surface area contributed by atoms with E-state index in [9.17, 15) is 9.59 Å². The Kier molecular flexibility index (Phi) is 2.46. The average Bonchev–Trinajstić information content (AvgIpc) is 3.49. The molecular formula is C23H28O4. The first-order valence-electron chi connectivity index (χ1n) is 11.0. The molecule has 0 aromatic rings. The van der Waals surface area contributed by atoms with Crippen molar-refractivity contribution in [3.05, 3.63) is 11.6 Å². The third-order valence-electron chi connectivity index (χ3n) is 10.4. The third kappa shape index (κ3) is 1.47. The fourth-order valence-electron chi connectivity index (χ4n) is 9.12. The minimum Gasteiger partial charge on any atom is -0.458 e. The lowest BCUT2D eigenvalue weighted by Gasteiger charge is -2.56. The molecule has 0 aromatic heterocycles. The SMILES string of the molecule is CC12C[C@@H]3O[C@@]34[C@@H](C3CC3C3=CC(=O)CC[C@@]34C)C1CC[C@@]21CCC(=O)O1. The number of carbonyl (C=O) groups excluding carboxylic acids is 2. The van der Waals surface area contributed by atoms with Gasteiger partial charge in [0.1, 0.15) is 11.2 Å². The predicted molar refractivity (Wildman–Crippen MR) is 96.6 cm³/mol. The molecule has 4 nitrogen and oxygen atoms in total. The molecule has 9 atom stereocenters. The maximum atomic E-state index is 12.2. The molecule has 0 aromatic carbocycles. The van der Waals surface area contributed by atoms with Gasteiger partial charge in [-0.3, -0.25) is 9.59 Å². The first kappa shape index (κ1) is 15.7. The van der Waals surface area contributed by atoms with Crippen molar-refractivity contribution in [2.45, 2.75) is 82.5 Å². The van der Waals surface area contributed by atoms with Crippen molar-refractivity contribution in [3.63, 3.8) is 0 Å². The van der Waals surface area contributed by atoms with Crippen LogP contribution in [0.2, 0.25) is 0 Å². The Balaban J connectivity index is 1.36. The zero-order valence-corrected chi connectivity index (χ0v) is 16.3.